The highest BCUT2D eigenvalue weighted by Gasteiger charge is 2.19. The first kappa shape index (κ1) is 15.0. The van der Waals surface area contributed by atoms with Gasteiger partial charge in [0.05, 0.1) is 25.6 Å². The number of ether oxygens (including phenoxy) is 2. The first-order valence-electron chi connectivity index (χ1n) is 6.07. The Balaban J connectivity index is 2.39. The second-order valence-corrected chi connectivity index (χ2v) is 5.86. The molecule has 0 spiro atoms. The fourth-order valence-electron chi connectivity index (χ4n) is 1.83. The molecule has 2 aromatic carbocycles. The number of hydrogen-bond acceptors (Lipinski definition) is 5. The van der Waals surface area contributed by atoms with E-state index in [4.69, 9.17) is 15.2 Å². The summed E-state index contributed by atoms with van der Waals surface area (Å²) in [6, 6.07) is 11.1. The van der Waals surface area contributed by atoms with Gasteiger partial charge in [0.2, 0.25) is 0 Å². The molecule has 0 fully saturated rings. The number of para-hydroxylation sites is 2. The van der Waals surface area contributed by atoms with Crippen molar-refractivity contribution in [2.45, 2.75) is 4.90 Å². The van der Waals surface area contributed by atoms with Crippen molar-refractivity contribution in [2.75, 3.05) is 24.7 Å². The molecule has 0 amide bonds. The van der Waals surface area contributed by atoms with Crippen molar-refractivity contribution in [1.82, 2.24) is 0 Å². The van der Waals surface area contributed by atoms with Crippen molar-refractivity contribution in [1.29, 1.82) is 0 Å². The summed E-state index contributed by atoms with van der Waals surface area (Å²) < 4.78 is 37.4. The Morgan fingerprint density at radius 2 is 1.76 bits per heavy atom. The third kappa shape index (κ3) is 3.19. The number of anilines is 2. The summed E-state index contributed by atoms with van der Waals surface area (Å²) in [6.45, 7) is 0. The van der Waals surface area contributed by atoms with Gasteiger partial charge in [0.15, 0.2) is 0 Å². The van der Waals surface area contributed by atoms with Crippen molar-refractivity contribution >= 4 is 21.4 Å². The first-order valence-corrected chi connectivity index (χ1v) is 7.55. The van der Waals surface area contributed by atoms with Gasteiger partial charge in [-0.3, -0.25) is 4.72 Å². The highest BCUT2D eigenvalue weighted by Crippen LogP contribution is 2.29. The fraction of sp³-hybridized carbons (Fsp3) is 0.143. The predicted octanol–water partition coefficient (Wildman–Crippen LogP) is 2.09. The molecule has 21 heavy (non-hydrogen) atoms. The van der Waals surface area contributed by atoms with Gasteiger partial charge >= 0.3 is 0 Å². The Morgan fingerprint density at radius 1 is 1.05 bits per heavy atom. The van der Waals surface area contributed by atoms with Gasteiger partial charge in [-0.25, -0.2) is 8.42 Å². The molecule has 6 nitrogen and oxygen atoms in total. The molecule has 0 aliphatic rings. The maximum atomic E-state index is 12.4. The number of sulfonamides is 1. The van der Waals surface area contributed by atoms with E-state index in [9.17, 15) is 8.42 Å². The molecule has 0 aliphatic carbocycles. The van der Waals surface area contributed by atoms with E-state index in [1.165, 1.54) is 32.4 Å². The van der Waals surface area contributed by atoms with Crippen LogP contribution in [0.2, 0.25) is 0 Å². The first-order chi connectivity index (χ1) is 9.97. The number of hydrogen-bond donors (Lipinski definition) is 2. The zero-order valence-electron chi connectivity index (χ0n) is 11.7. The summed E-state index contributed by atoms with van der Waals surface area (Å²) in [5.74, 6) is 0.914. The van der Waals surface area contributed by atoms with Crippen LogP contribution >= 0.6 is 0 Å². The molecule has 0 heterocycles. The molecule has 2 aromatic rings. The summed E-state index contributed by atoms with van der Waals surface area (Å²) in [6.07, 6.45) is 0. The van der Waals surface area contributed by atoms with E-state index < -0.39 is 10.0 Å². The van der Waals surface area contributed by atoms with Crippen LogP contribution in [0, 0.1) is 0 Å². The van der Waals surface area contributed by atoms with Crippen LogP contribution in [0.4, 0.5) is 11.4 Å². The minimum absolute atomic E-state index is 0.0193. The normalized spacial score (nSPS) is 11.0. The second-order valence-electron chi connectivity index (χ2n) is 4.21. The van der Waals surface area contributed by atoms with Gasteiger partial charge in [-0.05, 0) is 24.3 Å². The third-order valence-corrected chi connectivity index (χ3v) is 4.30. The summed E-state index contributed by atoms with van der Waals surface area (Å²) in [5.41, 5.74) is 6.23. The summed E-state index contributed by atoms with van der Waals surface area (Å²) >= 11 is 0. The van der Waals surface area contributed by atoms with Gasteiger partial charge in [0.1, 0.15) is 16.4 Å². The van der Waals surface area contributed by atoms with E-state index in [1.54, 1.807) is 24.3 Å². The van der Waals surface area contributed by atoms with Gasteiger partial charge in [0, 0.05) is 6.07 Å². The summed E-state index contributed by atoms with van der Waals surface area (Å²) in [7, 11) is -0.863. The molecule has 3 N–H and O–H groups in total. The van der Waals surface area contributed by atoms with Gasteiger partial charge < -0.3 is 15.2 Å². The minimum atomic E-state index is -3.81. The molecular formula is C14H16N2O4S. The largest absolute Gasteiger partial charge is 0.497 e. The third-order valence-electron chi connectivity index (χ3n) is 2.86. The van der Waals surface area contributed by atoms with Crippen molar-refractivity contribution in [3.63, 3.8) is 0 Å². The lowest BCUT2D eigenvalue weighted by molar-refractivity contribution is 0.414. The van der Waals surface area contributed by atoms with E-state index in [-0.39, 0.29) is 10.6 Å². The molecule has 0 unspecified atom stereocenters. The Morgan fingerprint density at radius 3 is 2.38 bits per heavy atom. The fourth-order valence-corrected chi connectivity index (χ4v) is 3.01. The quantitative estimate of drug-likeness (QED) is 0.825. The highest BCUT2D eigenvalue weighted by molar-refractivity contribution is 7.92. The van der Waals surface area contributed by atoms with E-state index in [0.717, 1.165) is 0 Å². The monoisotopic (exact) mass is 308 g/mol. The van der Waals surface area contributed by atoms with Crippen LogP contribution in [-0.2, 0) is 10.0 Å². The predicted molar refractivity (Wildman–Crippen MR) is 81.2 cm³/mol. The Labute approximate surface area is 123 Å². The van der Waals surface area contributed by atoms with Gasteiger partial charge in [0.25, 0.3) is 10.0 Å². The van der Waals surface area contributed by atoms with E-state index in [1.807, 2.05) is 0 Å². The zero-order valence-corrected chi connectivity index (χ0v) is 12.5. The standard InChI is InChI=1S/C14H16N2O4S/c1-19-10-7-8-14(11(15)9-10)21(17,18)16-12-5-3-4-6-13(12)20-2/h3-9,16H,15H2,1-2H3. The topological polar surface area (TPSA) is 90.7 Å². The Hall–Kier alpha value is -2.41. The molecule has 0 atom stereocenters. The van der Waals surface area contributed by atoms with E-state index in [2.05, 4.69) is 4.72 Å². The van der Waals surface area contributed by atoms with Crippen molar-refractivity contribution in [2.24, 2.45) is 0 Å². The summed E-state index contributed by atoms with van der Waals surface area (Å²) in [5, 5.41) is 0. The maximum absolute atomic E-state index is 12.4. The Kier molecular flexibility index (Phi) is 4.23. The van der Waals surface area contributed by atoms with Gasteiger partial charge in [-0.2, -0.15) is 0 Å². The smallest absolute Gasteiger partial charge is 0.264 e. The number of nitrogens with one attached hydrogen (secondary N) is 1. The van der Waals surface area contributed by atoms with E-state index in [0.29, 0.717) is 17.2 Å². The number of nitrogens with two attached hydrogens (primary N) is 1. The molecule has 112 valence electrons. The van der Waals surface area contributed by atoms with E-state index >= 15 is 0 Å². The lowest BCUT2D eigenvalue weighted by atomic mass is 10.3. The average Bonchev–Trinajstić information content (AvgIpc) is 2.47. The zero-order chi connectivity index (χ0) is 15.5. The van der Waals surface area contributed by atoms with Crippen molar-refractivity contribution < 1.29 is 17.9 Å². The minimum Gasteiger partial charge on any atom is -0.497 e. The lowest BCUT2D eigenvalue weighted by Gasteiger charge is -2.13. The van der Waals surface area contributed by atoms with Crippen LogP contribution in [-0.4, -0.2) is 22.6 Å². The van der Waals surface area contributed by atoms with Crippen LogP contribution < -0.4 is 19.9 Å². The van der Waals surface area contributed by atoms with Gasteiger partial charge in [-0.15, -0.1) is 0 Å². The lowest BCUT2D eigenvalue weighted by Crippen LogP contribution is -2.15. The Bertz CT molecular complexity index is 744. The molecule has 0 saturated carbocycles. The second kappa shape index (κ2) is 5.92. The molecular weight excluding hydrogens is 292 g/mol. The molecule has 0 saturated heterocycles. The molecule has 0 aliphatic heterocycles. The number of benzene rings is 2. The van der Waals surface area contributed by atoms with Crippen molar-refractivity contribution in [3.8, 4) is 11.5 Å². The number of nitrogen functional groups attached to an aromatic ring is 1. The highest BCUT2D eigenvalue weighted by atomic mass is 32.2. The number of rotatable bonds is 5. The SMILES string of the molecule is COc1ccc(S(=O)(=O)Nc2ccccc2OC)c(N)c1. The van der Waals surface area contributed by atoms with Crippen LogP contribution in [0.3, 0.4) is 0 Å². The maximum Gasteiger partial charge on any atom is 0.264 e. The number of methoxy groups -OCH3 is 2. The molecule has 2 rings (SSSR count). The van der Waals surface area contributed by atoms with Crippen LogP contribution in [0.5, 0.6) is 11.5 Å². The van der Waals surface area contributed by atoms with Crippen LogP contribution in [0.15, 0.2) is 47.4 Å². The average molecular weight is 308 g/mol. The van der Waals surface area contributed by atoms with Crippen LogP contribution in [0.1, 0.15) is 0 Å². The van der Waals surface area contributed by atoms with Crippen LogP contribution in [0.25, 0.3) is 0 Å². The van der Waals surface area contributed by atoms with Gasteiger partial charge in [-0.1, -0.05) is 12.1 Å². The molecule has 7 heteroatoms. The molecule has 0 aromatic heterocycles. The molecule has 0 bridgehead atoms. The molecule has 0 radical (unpaired) electrons. The van der Waals surface area contributed by atoms with Crippen molar-refractivity contribution in [3.05, 3.63) is 42.5 Å². The summed E-state index contributed by atoms with van der Waals surface area (Å²) in [4.78, 5) is -0.0193.